The summed E-state index contributed by atoms with van der Waals surface area (Å²) in [4.78, 5) is 8.97. The first kappa shape index (κ1) is 10.7. The maximum Gasteiger partial charge on any atom is 0.0795 e. The lowest BCUT2D eigenvalue weighted by Gasteiger charge is -2.10. The lowest BCUT2D eigenvalue weighted by molar-refractivity contribution is 1.44. The van der Waals surface area contributed by atoms with Gasteiger partial charge in [0.1, 0.15) is 0 Å². The molecule has 0 atom stereocenters. The predicted octanol–water partition coefficient (Wildman–Crippen LogP) is 3.75. The van der Waals surface area contributed by atoms with Crippen molar-refractivity contribution < 1.29 is 0 Å². The fourth-order valence-electron chi connectivity index (χ4n) is 1.96. The number of benzene rings is 2. The van der Waals surface area contributed by atoms with Crippen molar-refractivity contribution in [2.45, 2.75) is 0 Å². The third-order valence-electron chi connectivity index (χ3n) is 2.80. The zero-order valence-electron chi connectivity index (χ0n) is 9.82. The summed E-state index contributed by atoms with van der Waals surface area (Å²) in [6, 6.07) is 18.2. The smallest absolute Gasteiger partial charge is 0.0795 e. The largest absolute Gasteiger partial charge is 0.256 e. The van der Waals surface area contributed by atoms with Gasteiger partial charge in [0.2, 0.25) is 0 Å². The van der Waals surface area contributed by atoms with E-state index < -0.39 is 0 Å². The van der Waals surface area contributed by atoms with E-state index in [1.807, 2.05) is 42.5 Å². The van der Waals surface area contributed by atoms with Gasteiger partial charge in [-0.05, 0) is 12.1 Å². The van der Waals surface area contributed by atoms with Crippen molar-refractivity contribution >= 4 is 17.6 Å². The van der Waals surface area contributed by atoms with Crippen molar-refractivity contribution in [2.24, 2.45) is 9.98 Å². The molecule has 2 heteroatoms. The second-order valence-electron chi connectivity index (χ2n) is 3.98. The van der Waals surface area contributed by atoms with E-state index >= 15 is 0 Å². The lowest BCUT2D eigenvalue weighted by Crippen LogP contribution is -2.03. The molecule has 0 aromatic heterocycles. The fourth-order valence-corrected chi connectivity index (χ4v) is 1.96. The SMILES string of the molecule is C1=C\N=C(\c2ccccc2)c2ccccc2\N=C/1. The van der Waals surface area contributed by atoms with Crippen molar-refractivity contribution in [2.75, 3.05) is 0 Å². The second kappa shape index (κ2) is 4.80. The number of rotatable bonds is 1. The van der Waals surface area contributed by atoms with Gasteiger partial charge in [-0.3, -0.25) is 9.98 Å². The van der Waals surface area contributed by atoms with Crippen LogP contribution in [0.2, 0.25) is 0 Å². The van der Waals surface area contributed by atoms with E-state index in [1.165, 1.54) is 0 Å². The number of fused-ring (bicyclic) bond motifs is 1. The average Bonchev–Trinajstić information content (AvgIpc) is 2.41. The van der Waals surface area contributed by atoms with Crippen molar-refractivity contribution in [3.05, 3.63) is 78.0 Å². The van der Waals surface area contributed by atoms with Gasteiger partial charge in [0.25, 0.3) is 0 Å². The van der Waals surface area contributed by atoms with E-state index in [1.54, 1.807) is 12.4 Å². The molecule has 0 spiro atoms. The molecular weight excluding hydrogens is 220 g/mol. The molecule has 1 heterocycles. The van der Waals surface area contributed by atoms with Gasteiger partial charge in [0.05, 0.1) is 11.4 Å². The summed E-state index contributed by atoms with van der Waals surface area (Å²) in [6.07, 6.45) is 5.39. The molecule has 0 amide bonds. The van der Waals surface area contributed by atoms with E-state index in [0.717, 1.165) is 22.5 Å². The van der Waals surface area contributed by atoms with E-state index in [9.17, 15) is 0 Å². The van der Waals surface area contributed by atoms with Crippen LogP contribution in [0, 0.1) is 0 Å². The van der Waals surface area contributed by atoms with Crippen LogP contribution in [0.4, 0.5) is 5.69 Å². The summed E-state index contributed by atoms with van der Waals surface area (Å²) in [5.41, 5.74) is 4.07. The van der Waals surface area contributed by atoms with Gasteiger partial charge in [-0.25, -0.2) is 0 Å². The quantitative estimate of drug-likeness (QED) is 0.715. The highest BCUT2D eigenvalue weighted by atomic mass is 14.8. The molecule has 0 aliphatic carbocycles. The molecule has 0 bridgehead atoms. The predicted molar refractivity (Wildman–Crippen MR) is 75.8 cm³/mol. The molecule has 0 radical (unpaired) electrons. The third-order valence-corrected chi connectivity index (χ3v) is 2.80. The Morgan fingerprint density at radius 1 is 0.778 bits per heavy atom. The van der Waals surface area contributed by atoms with Crippen LogP contribution in [0.3, 0.4) is 0 Å². The van der Waals surface area contributed by atoms with Gasteiger partial charge in [-0.2, -0.15) is 0 Å². The third kappa shape index (κ3) is 2.00. The van der Waals surface area contributed by atoms with Gasteiger partial charge in [-0.15, -0.1) is 0 Å². The summed E-state index contributed by atoms with van der Waals surface area (Å²) in [7, 11) is 0. The van der Waals surface area contributed by atoms with Crippen LogP contribution in [0.5, 0.6) is 0 Å². The van der Waals surface area contributed by atoms with Crippen LogP contribution in [0.25, 0.3) is 0 Å². The van der Waals surface area contributed by atoms with Crippen molar-refractivity contribution in [1.82, 2.24) is 0 Å². The van der Waals surface area contributed by atoms with Crippen LogP contribution < -0.4 is 0 Å². The number of hydrogen-bond donors (Lipinski definition) is 0. The van der Waals surface area contributed by atoms with Gasteiger partial charge in [-0.1, -0.05) is 48.5 Å². The highest BCUT2D eigenvalue weighted by molar-refractivity contribution is 6.16. The number of hydrogen-bond acceptors (Lipinski definition) is 2. The topological polar surface area (TPSA) is 24.7 Å². The fraction of sp³-hybridized carbons (Fsp3) is 0. The zero-order valence-corrected chi connectivity index (χ0v) is 9.82. The summed E-state index contributed by atoms with van der Waals surface area (Å²) in [5, 5.41) is 0. The van der Waals surface area contributed by atoms with Gasteiger partial charge in [0.15, 0.2) is 0 Å². The number of allylic oxidation sites excluding steroid dienone is 1. The monoisotopic (exact) mass is 232 g/mol. The van der Waals surface area contributed by atoms with Crippen LogP contribution in [-0.4, -0.2) is 11.9 Å². The molecule has 0 saturated carbocycles. The minimum absolute atomic E-state index is 0.949. The molecule has 3 rings (SSSR count). The number of para-hydroxylation sites is 1. The summed E-state index contributed by atoms with van der Waals surface area (Å²) < 4.78 is 0. The lowest BCUT2D eigenvalue weighted by atomic mass is 10.0. The molecular formula is C16H12N2. The average molecular weight is 232 g/mol. The van der Waals surface area contributed by atoms with Crippen LogP contribution >= 0.6 is 0 Å². The molecule has 1 aliphatic rings. The second-order valence-corrected chi connectivity index (χ2v) is 3.98. The molecule has 2 aromatic rings. The van der Waals surface area contributed by atoms with E-state index in [0.29, 0.717) is 0 Å². The molecule has 86 valence electrons. The highest BCUT2D eigenvalue weighted by Crippen LogP contribution is 2.23. The van der Waals surface area contributed by atoms with Crippen molar-refractivity contribution in [3.8, 4) is 0 Å². The molecule has 0 fully saturated rings. The maximum atomic E-state index is 4.54. The van der Waals surface area contributed by atoms with Crippen molar-refractivity contribution in [1.29, 1.82) is 0 Å². The Bertz CT molecular complexity index is 637. The Labute approximate surface area is 106 Å². The Hall–Kier alpha value is -2.48. The Kier molecular flexibility index (Phi) is 2.84. The Morgan fingerprint density at radius 2 is 1.56 bits per heavy atom. The molecule has 18 heavy (non-hydrogen) atoms. The van der Waals surface area contributed by atoms with Crippen molar-refractivity contribution in [3.63, 3.8) is 0 Å². The highest BCUT2D eigenvalue weighted by Gasteiger charge is 2.10. The van der Waals surface area contributed by atoms with Gasteiger partial charge in [0, 0.05) is 23.5 Å². The molecule has 0 saturated heterocycles. The molecule has 0 N–H and O–H groups in total. The zero-order chi connectivity index (χ0) is 12.2. The van der Waals surface area contributed by atoms with E-state index in [-0.39, 0.29) is 0 Å². The summed E-state index contributed by atoms with van der Waals surface area (Å²) >= 11 is 0. The number of aliphatic imine (C=N–C) groups is 2. The molecule has 2 aromatic carbocycles. The van der Waals surface area contributed by atoms with Gasteiger partial charge < -0.3 is 0 Å². The first-order valence-electron chi connectivity index (χ1n) is 5.87. The molecule has 2 nitrogen and oxygen atoms in total. The van der Waals surface area contributed by atoms with E-state index in [4.69, 9.17) is 0 Å². The molecule has 0 unspecified atom stereocenters. The first-order valence-corrected chi connectivity index (χ1v) is 5.87. The Balaban J connectivity index is 2.20. The Morgan fingerprint density at radius 3 is 2.44 bits per heavy atom. The minimum atomic E-state index is 0.949. The normalized spacial score (nSPS) is 19.9. The first-order chi connectivity index (χ1) is 8.95. The summed E-state index contributed by atoms with van der Waals surface area (Å²) in [5.74, 6) is 0. The van der Waals surface area contributed by atoms with E-state index in [2.05, 4.69) is 28.2 Å². The van der Waals surface area contributed by atoms with Crippen LogP contribution in [0.1, 0.15) is 11.1 Å². The maximum absolute atomic E-state index is 4.54. The van der Waals surface area contributed by atoms with Crippen LogP contribution in [0.15, 0.2) is 76.9 Å². The number of nitrogens with zero attached hydrogens (tertiary/aromatic N) is 2. The summed E-state index contributed by atoms with van der Waals surface area (Å²) in [6.45, 7) is 0. The van der Waals surface area contributed by atoms with Gasteiger partial charge >= 0.3 is 0 Å². The molecule has 1 aliphatic heterocycles. The standard InChI is InChI=1S/C16H12N2/c1-2-7-13(8-3-1)16-14-9-4-5-10-15(14)17-11-6-12-18-16/h1-12H/b11-6?,12-6-,16-14?,17-11-,17-15?,18-12?,18-16-. The van der Waals surface area contributed by atoms with Crippen LogP contribution in [-0.2, 0) is 0 Å². The minimum Gasteiger partial charge on any atom is -0.256 e.